The maximum atomic E-state index is 13.4. The maximum absolute atomic E-state index is 13.4. The number of aliphatic imine (C=N–C) groups is 1. The fraction of sp³-hybridized carbons (Fsp3) is 0.423. The van der Waals surface area contributed by atoms with E-state index < -0.39 is 17.6 Å². The summed E-state index contributed by atoms with van der Waals surface area (Å²) in [6.07, 6.45) is 1.80. The lowest BCUT2D eigenvalue weighted by molar-refractivity contribution is -0.137. The zero-order valence-electron chi connectivity index (χ0n) is 19.5. The van der Waals surface area contributed by atoms with Gasteiger partial charge in [-0.05, 0) is 49.1 Å². The van der Waals surface area contributed by atoms with Gasteiger partial charge in [0.05, 0.1) is 11.3 Å². The minimum Gasteiger partial charge on any atom is -0.383 e. The van der Waals surface area contributed by atoms with Crippen LogP contribution in [0.25, 0.3) is 11.3 Å². The van der Waals surface area contributed by atoms with E-state index >= 15 is 0 Å². The Kier molecular flexibility index (Phi) is 5.03. The van der Waals surface area contributed by atoms with Crippen molar-refractivity contribution in [3.05, 3.63) is 65.0 Å². The van der Waals surface area contributed by atoms with Crippen molar-refractivity contribution in [1.82, 2.24) is 19.7 Å². The first kappa shape index (κ1) is 22.3. The normalized spacial score (nSPS) is 24.3. The topological polar surface area (TPSA) is 72.3 Å². The molecule has 5 heterocycles. The van der Waals surface area contributed by atoms with Crippen LogP contribution in [0.2, 0.25) is 0 Å². The van der Waals surface area contributed by atoms with Crippen LogP contribution in [0.4, 0.5) is 19.0 Å². The fourth-order valence-corrected chi connectivity index (χ4v) is 5.90. The van der Waals surface area contributed by atoms with E-state index in [1.165, 1.54) is 17.3 Å². The number of nitrogen functional groups attached to an aromatic ring is 1. The number of nitrogens with zero attached hydrogens (tertiary/aromatic N) is 5. The monoisotopic (exact) mass is 480 g/mol. The minimum absolute atomic E-state index is 0.0377. The number of alkyl halides is 3. The second kappa shape index (κ2) is 7.91. The van der Waals surface area contributed by atoms with E-state index in [1.807, 2.05) is 17.0 Å². The number of nitrogens with two attached hydrogens (primary N) is 1. The van der Waals surface area contributed by atoms with Crippen LogP contribution >= 0.6 is 0 Å². The number of aryl methyl sites for hydroxylation is 1. The van der Waals surface area contributed by atoms with Gasteiger partial charge < -0.3 is 5.73 Å². The number of halogens is 3. The van der Waals surface area contributed by atoms with E-state index in [2.05, 4.69) is 51.2 Å². The van der Waals surface area contributed by atoms with Gasteiger partial charge in [0, 0.05) is 48.2 Å². The third-order valence-electron chi connectivity index (χ3n) is 7.79. The highest BCUT2D eigenvalue weighted by Crippen LogP contribution is 2.46. The minimum atomic E-state index is -4.55. The first-order valence-electron chi connectivity index (χ1n) is 12.1. The van der Waals surface area contributed by atoms with E-state index in [0.717, 1.165) is 50.7 Å². The van der Waals surface area contributed by atoms with Gasteiger partial charge in [0.2, 0.25) is 0 Å². The Balaban J connectivity index is 1.27. The number of anilines is 1. The van der Waals surface area contributed by atoms with Crippen LogP contribution in [-0.4, -0.2) is 39.0 Å². The first-order valence-corrected chi connectivity index (χ1v) is 12.1. The summed E-state index contributed by atoms with van der Waals surface area (Å²) < 4.78 is 42.0. The maximum Gasteiger partial charge on any atom is 0.419 e. The SMILES string of the molecule is CCC(c1cccc(C2C=N2)c1)N1CC[C@@]2(CCn3nc(-c4cnc(N)c(C(F)(F)F)c4)cc32)C1. The Morgan fingerprint density at radius 3 is 2.71 bits per heavy atom. The summed E-state index contributed by atoms with van der Waals surface area (Å²) in [6, 6.07) is 12.3. The highest BCUT2D eigenvalue weighted by molar-refractivity contribution is 5.80. The molecule has 6 rings (SSSR count). The molecule has 6 nitrogen and oxygen atoms in total. The van der Waals surface area contributed by atoms with Crippen molar-refractivity contribution in [3.8, 4) is 11.3 Å². The molecule has 1 saturated heterocycles. The molecule has 9 heteroatoms. The molecule has 1 spiro atoms. The van der Waals surface area contributed by atoms with Crippen LogP contribution in [-0.2, 0) is 18.1 Å². The molecule has 182 valence electrons. The second-order valence-corrected chi connectivity index (χ2v) is 9.88. The molecule has 3 atom stereocenters. The average molecular weight is 481 g/mol. The zero-order chi connectivity index (χ0) is 24.4. The van der Waals surface area contributed by atoms with Gasteiger partial charge in [-0.1, -0.05) is 31.2 Å². The molecule has 3 aliphatic rings. The predicted octanol–water partition coefficient (Wildman–Crippen LogP) is 5.17. The number of pyridine rings is 1. The van der Waals surface area contributed by atoms with Gasteiger partial charge in [0.25, 0.3) is 0 Å². The molecular weight excluding hydrogens is 453 g/mol. The van der Waals surface area contributed by atoms with Crippen molar-refractivity contribution in [2.24, 2.45) is 4.99 Å². The van der Waals surface area contributed by atoms with Gasteiger partial charge in [-0.2, -0.15) is 18.3 Å². The smallest absolute Gasteiger partial charge is 0.383 e. The van der Waals surface area contributed by atoms with Crippen LogP contribution in [0.5, 0.6) is 0 Å². The predicted molar refractivity (Wildman–Crippen MR) is 128 cm³/mol. The largest absolute Gasteiger partial charge is 0.419 e. The van der Waals surface area contributed by atoms with Gasteiger partial charge in [-0.15, -0.1) is 0 Å². The number of likely N-dealkylation sites (tertiary alicyclic amines) is 1. The zero-order valence-corrected chi connectivity index (χ0v) is 19.5. The summed E-state index contributed by atoms with van der Waals surface area (Å²) in [5.74, 6) is -0.515. The molecule has 1 aromatic carbocycles. The van der Waals surface area contributed by atoms with E-state index in [9.17, 15) is 13.2 Å². The third-order valence-corrected chi connectivity index (χ3v) is 7.79. The van der Waals surface area contributed by atoms with Crippen molar-refractivity contribution >= 4 is 12.0 Å². The summed E-state index contributed by atoms with van der Waals surface area (Å²) in [5, 5.41) is 4.66. The van der Waals surface area contributed by atoms with E-state index in [0.29, 0.717) is 17.3 Å². The summed E-state index contributed by atoms with van der Waals surface area (Å²) in [4.78, 5) is 10.7. The second-order valence-electron chi connectivity index (χ2n) is 9.88. The number of fused-ring (bicyclic) bond motifs is 2. The molecule has 0 saturated carbocycles. The van der Waals surface area contributed by atoms with Crippen molar-refractivity contribution < 1.29 is 13.2 Å². The molecular formula is C26H27F3N6. The van der Waals surface area contributed by atoms with Crippen molar-refractivity contribution in [3.63, 3.8) is 0 Å². The molecule has 3 aromatic rings. The Labute approximate surface area is 201 Å². The highest BCUT2D eigenvalue weighted by Gasteiger charge is 2.47. The van der Waals surface area contributed by atoms with Crippen molar-refractivity contribution in [2.75, 3.05) is 18.8 Å². The van der Waals surface area contributed by atoms with E-state index in [4.69, 9.17) is 5.73 Å². The van der Waals surface area contributed by atoms with Gasteiger partial charge in [0.15, 0.2) is 0 Å². The lowest BCUT2D eigenvalue weighted by Gasteiger charge is -2.30. The molecule has 35 heavy (non-hydrogen) atoms. The molecule has 0 bridgehead atoms. The quantitative estimate of drug-likeness (QED) is 0.547. The summed E-state index contributed by atoms with van der Waals surface area (Å²) in [6.45, 7) is 4.88. The number of benzene rings is 1. The van der Waals surface area contributed by atoms with Crippen molar-refractivity contribution in [1.29, 1.82) is 0 Å². The molecule has 0 amide bonds. The molecule has 0 radical (unpaired) electrons. The molecule has 2 aromatic heterocycles. The van der Waals surface area contributed by atoms with E-state index in [-0.39, 0.29) is 11.5 Å². The average Bonchev–Trinajstić information content (AvgIpc) is 3.32. The lowest BCUT2D eigenvalue weighted by Crippen LogP contribution is -2.31. The standard InChI is InChI=1S/C26H27F3N6/c1-2-22(17-5-3-4-16(10-17)21-14-31-21)34-8-6-25(15-34)7-9-35-23(25)12-20(33-35)18-11-19(26(27,28)29)24(30)32-13-18/h3-5,10-14,21-22H,2,6-9,15H2,1H3,(H2,30,32)/t21?,22?,25-/m1/s1. The fourth-order valence-electron chi connectivity index (χ4n) is 5.90. The first-order chi connectivity index (χ1) is 16.8. The lowest BCUT2D eigenvalue weighted by atomic mass is 9.82. The van der Waals surface area contributed by atoms with Crippen LogP contribution in [0.3, 0.4) is 0 Å². The number of rotatable bonds is 5. The highest BCUT2D eigenvalue weighted by atomic mass is 19.4. The number of hydrogen-bond acceptors (Lipinski definition) is 5. The van der Waals surface area contributed by atoms with Gasteiger partial charge >= 0.3 is 6.18 Å². The Morgan fingerprint density at radius 2 is 1.97 bits per heavy atom. The third kappa shape index (κ3) is 3.82. The van der Waals surface area contributed by atoms with Gasteiger partial charge in [-0.3, -0.25) is 14.6 Å². The Bertz CT molecular complexity index is 1310. The summed E-state index contributed by atoms with van der Waals surface area (Å²) >= 11 is 0. The molecule has 0 aliphatic carbocycles. The van der Waals surface area contributed by atoms with Crippen LogP contribution < -0.4 is 5.73 Å². The number of hydrogen-bond donors (Lipinski definition) is 1. The summed E-state index contributed by atoms with van der Waals surface area (Å²) in [5.41, 5.74) is 9.04. The van der Waals surface area contributed by atoms with Crippen LogP contribution in [0.1, 0.15) is 60.7 Å². The Hall–Kier alpha value is -3.20. The molecule has 2 N–H and O–H groups in total. The molecule has 1 fully saturated rings. The number of aromatic nitrogens is 3. The Morgan fingerprint density at radius 1 is 1.17 bits per heavy atom. The van der Waals surface area contributed by atoms with Crippen LogP contribution in [0, 0.1) is 0 Å². The van der Waals surface area contributed by atoms with E-state index in [1.54, 1.807) is 0 Å². The van der Waals surface area contributed by atoms with Crippen molar-refractivity contribution in [2.45, 2.75) is 56.4 Å². The van der Waals surface area contributed by atoms with Gasteiger partial charge in [-0.25, -0.2) is 4.98 Å². The molecule has 2 unspecified atom stereocenters. The van der Waals surface area contributed by atoms with Crippen LogP contribution in [0.15, 0.2) is 47.6 Å². The molecule has 3 aliphatic heterocycles. The summed E-state index contributed by atoms with van der Waals surface area (Å²) in [7, 11) is 0. The van der Waals surface area contributed by atoms with Gasteiger partial charge in [0.1, 0.15) is 11.9 Å².